The fraction of sp³-hybridized carbons (Fsp3) is 0.158. The Hall–Kier alpha value is -2.55. The summed E-state index contributed by atoms with van der Waals surface area (Å²) in [6.07, 6.45) is 1.38. The van der Waals surface area contributed by atoms with Gasteiger partial charge in [-0.15, -0.1) is 5.10 Å². The molecule has 3 rings (SSSR count). The molecule has 0 aliphatic rings. The molecule has 0 fully saturated rings. The minimum atomic E-state index is -3.93. The van der Waals surface area contributed by atoms with Crippen molar-refractivity contribution < 1.29 is 17.3 Å². The first-order valence-electron chi connectivity index (χ1n) is 8.50. The average Bonchev–Trinajstić information content (AvgIpc) is 2.67. The summed E-state index contributed by atoms with van der Waals surface area (Å²) in [4.78, 5) is 0.0768. The summed E-state index contributed by atoms with van der Waals surface area (Å²) in [6.45, 7) is 2.47. The number of nitrogens with one attached hydrogen (secondary N) is 1. The van der Waals surface area contributed by atoms with Crippen LogP contribution in [0.15, 0.2) is 59.6 Å². The van der Waals surface area contributed by atoms with Gasteiger partial charge in [0, 0.05) is 12.6 Å². The van der Waals surface area contributed by atoms with Gasteiger partial charge in [-0.05, 0) is 36.8 Å². The van der Waals surface area contributed by atoms with Crippen LogP contribution in [0.3, 0.4) is 0 Å². The molecular formula is C19H17Cl2N3O4S. The van der Waals surface area contributed by atoms with Crippen LogP contribution in [0.2, 0.25) is 10.2 Å². The van der Waals surface area contributed by atoms with E-state index < -0.39 is 10.1 Å². The summed E-state index contributed by atoms with van der Waals surface area (Å²) < 4.78 is 35.7. The van der Waals surface area contributed by atoms with Crippen molar-refractivity contribution >= 4 is 39.0 Å². The van der Waals surface area contributed by atoms with Crippen molar-refractivity contribution in [1.82, 2.24) is 10.2 Å². The van der Waals surface area contributed by atoms with Crippen LogP contribution in [0, 0.1) is 6.92 Å². The molecule has 0 spiro atoms. The maximum absolute atomic E-state index is 12.4. The maximum atomic E-state index is 12.4. The number of anilines is 1. The molecule has 7 nitrogen and oxygen atoms in total. The lowest BCUT2D eigenvalue weighted by Gasteiger charge is -2.12. The molecule has 10 heteroatoms. The van der Waals surface area contributed by atoms with Gasteiger partial charge in [0.25, 0.3) is 0 Å². The summed E-state index contributed by atoms with van der Waals surface area (Å²) in [5.74, 6) is 0.636. The van der Waals surface area contributed by atoms with Gasteiger partial charge in [0.1, 0.15) is 23.0 Å². The Kier molecular flexibility index (Phi) is 6.79. The van der Waals surface area contributed by atoms with Gasteiger partial charge in [-0.25, -0.2) is 0 Å². The molecule has 0 bridgehead atoms. The van der Waals surface area contributed by atoms with Gasteiger partial charge >= 0.3 is 10.1 Å². The van der Waals surface area contributed by atoms with E-state index in [1.54, 1.807) is 30.3 Å². The summed E-state index contributed by atoms with van der Waals surface area (Å²) in [7, 11) is -3.93. The van der Waals surface area contributed by atoms with Gasteiger partial charge in [-0.1, -0.05) is 41.4 Å². The van der Waals surface area contributed by atoms with E-state index in [-0.39, 0.29) is 22.4 Å². The number of ether oxygens (including phenoxy) is 1. The maximum Gasteiger partial charge on any atom is 0.339 e. The number of rotatable bonds is 8. The molecule has 0 aliphatic carbocycles. The van der Waals surface area contributed by atoms with Gasteiger partial charge < -0.3 is 14.2 Å². The number of hydrogen-bond acceptors (Lipinski definition) is 7. The lowest BCUT2D eigenvalue weighted by atomic mass is 10.2. The molecule has 0 saturated carbocycles. The van der Waals surface area contributed by atoms with E-state index in [0.717, 1.165) is 5.56 Å². The van der Waals surface area contributed by atoms with Crippen LogP contribution in [0.5, 0.6) is 11.5 Å². The van der Waals surface area contributed by atoms with E-state index in [4.69, 9.17) is 32.1 Å². The number of benzene rings is 2. The van der Waals surface area contributed by atoms with Crippen molar-refractivity contribution in [3.8, 4) is 11.5 Å². The zero-order valence-electron chi connectivity index (χ0n) is 15.3. The highest BCUT2D eigenvalue weighted by molar-refractivity contribution is 7.87. The molecular weight excluding hydrogens is 437 g/mol. The van der Waals surface area contributed by atoms with Crippen LogP contribution in [0.1, 0.15) is 5.56 Å². The van der Waals surface area contributed by atoms with Gasteiger partial charge in [0.2, 0.25) is 0 Å². The lowest BCUT2D eigenvalue weighted by molar-refractivity contribution is 0.331. The fourth-order valence-corrected chi connectivity index (χ4v) is 3.85. The smallest absolute Gasteiger partial charge is 0.339 e. The SMILES string of the molecule is Cc1cc(OCCNc2c(Cl)cnnc2Cl)cc(OS(=O)(=O)c2ccccc2)c1. The topological polar surface area (TPSA) is 90.4 Å². The van der Waals surface area contributed by atoms with Crippen LogP contribution in [-0.2, 0) is 10.1 Å². The molecule has 1 heterocycles. The molecule has 0 unspecified atom stereocenters. The quantitative estimate of drug-likeness (QED) is 0.400. The van der Waals surface area contributed by atoms with Gasteiger partial charge in [-0.3, -0.25) is 0 Å². The predicted octanol–water partition coefficient (Wildman–Crippen LogP) is 4.35. The average molecular weight is 454 g/mol. The zero-order chi connectivity index (χ0) is 20.9. The predicted molar refractivity (Wildman–Crippen MR) is 111 cm³/mol. The molecule has 0 aliphatic heterocycles. The molecule has 29 heavy (non-hydrogen) atoms. The molecule has 0 atom stereocenters. The second kappa shape index (κ2) is 9.30. The van der Waals surface area contributed by atoms with Crippen molar-refractivity contribution in [2.24, 2.45) is 0 Å². The highest BCUT2D eigenvalue weighted by atomic mass is 35.5. The monoisotopic (exact) mass is 453 g/mol. The van der Waals surface area contributed by atoms with E-state index >= 15 is 0 Å². The minimum Gasteiger partial charge on any atom is -0.492 e. The molecule has 1 aromatic heterocycles. The van der Waals surface area contributed by atoms with E-state index in [0.29, 0.717) is 23.0 Å². The third-order valence-electron chi connectivity index (χ3n) is 3.70. The third kappa shape index (κ3) is 5.72. The number of hydrogen-bond donors (Lipinski definition) is 1. The molecule has 0 saturated heterocycles. The van der Waals surface area contributed by atoms with Crippen LogP contribution in [0.25, 0.3) is 0 Å². The van der Waals surface area contributed by atoms with E-state index in [1.165, 1.54) is 24.4 Å². The lowest BCUT2D eigenvalue weighted by Crippen LogP contribution is -2.13. The zero-order valence-corrected chi connectivity index (χ0v) is 17.6. The Morgan fingerprint density at radius 3 is 2.52 bits per heavy atom. The first-order chi connectivity index (χ1) is 13.8. The molecule has 0 radical (unpaired) electrons. The Labute approximate surface area is 178 Å². The van der Waals surface area contributed by atoms with Crippen LogP contribution >= 0.6 is 23.2 Å². The number of aromatic nitrogens is 2. The largest absolute Gasteiger partial charge is 0.492 e. The molecule has 3 aromatic rings. The van der Waals surface area contributed by atoms with Crippen molar-refractivity contribution in [3.05, 3.63) is 70.5 Å². The highest BCUT2D eigenvalue weighted by Gasteiger charge is 2.17. The first kappa shape index (κ1) is 21.2. The molecule has 152 valence electrons. The number of halogens is 2. The van der Waals surface area contributed by atoms with E-state index in [2.05, 4.69) is 15.5 Å². The fourth-order valence-electron chi connectivity index (χ4n) is 2.45. The molecule has 2 aromatic carbocycles. The van der Waals surface area contributed by atoms with Gasteiger partial charge in [0.05, 0.1) is 16.9 Å². The minimum absolute atomic E-state index is 0.0768. The van der Waals surface area contributed by atoms with Crippen molar-refractivity contribution in [3.63, 3.8) is 0 Å². The van der Waals surface area contributed by atoms with Gasteiger partial charge in [0.15, 0.2) is 5.15 Å². The van der Waals surface area contributed by atoms with Crippen molar-refractivity contribution in [1.29, 1.82) is 0 Å². The van der Waals surface area contributed by atoms with Gasteiger partial charge in [-0.2, -0.15) is 13.5 Å². The Bertz CT molecular complexity index is 1080. The standard InChI is InChI=1S/C19H17Cl2N3O4S/c1-13-9-14(27-8-7-22-18-17(20)12-23-24-19(18)21)11-15(10-13)28-29(25,26)16-5-3-2-4-6-16/h2-6,9-12H,7-8H2,1H3,(H,22,23). The van der Waals surface area contributed by atoms with E-state index in [9.17, 15) is 8.42 Å². The van der Waals surface area contributed by atoms with Crippen molar-refractivity contribution in [2.75, 3.05) is 18.5 Å². The van der Waals surface area contributed by atoms with Crippen molar-refractivity contribution in [2.45, 2.75) is 11.8 Å². The van der Waals surface area contributed by atoms with Crippen LogP contribution < -0.4 is 14.2 Å². The molecule has 1 N–H and O–H groups in total. The highest BCUT2D eigenvalue weighted by Crippen LogP contribution is 2.27. The van der Waals surface area contributed by atoms with Crippen LogP contribution in [0.4, 0.5) is 5.69 Å². The third-order valence-corrected chi connectivity index (χ3v) is 5.51. The Balaban J connectivity index is 1.63. The Morgan fingerprint density at radius 2 is 1.79 bits per heavy atom. The molecule has 0 amide bonds. The summed E-state index contributed by atoms with van der Waals surface area (Å²) in [5, 5.41) is 10.9. The second-order valence-corrected chi connectivity index (χ2v) is 8.28. The van der Waals surface area contributed by atoms with Crippen LogP contribution in [-0.4, -0.2) is 31.8 Å². The Morgan fingerprint density at radius 1 is 1.07 bits per heavy atom. The summed E-state index contributed by atoms with van der Waals surface area (Å²) in [6, 6.07) is 12.8. The summed E-state index contributed by atoms with van der Waals surface area (Å²) in [5.41, 5.74) is 1.26. The van der Waals surface area contributed by atoms with E-state index in [1.807, 2.05) is 6.92 Å². The number of nitrogens with zero attached hydrogens (tertiary/aromatic N) is 2. The number of aryl methyl sites for hydroxylation is 1. The second-order valence-electron chi connectivity index (χ2n) is 5.97. The normalized spacial score (nSPS) is 11.1. The first-order valence-corrected chi connectivity index (χ1v) is 10.7. The summed E-state index contributed by atoms with van der Waals surface area (Å²) >= 11 is 12.0.